The van der Waals surface area contributed by atoms with Gasteiger partial charge in [-0.05, 0) is 54.7 Å². The van der Waals surface area contributed by atoms with Crippen LogP contribution in [0, 0.1) is 6.92 Å². The maximum absolute atomic E-state index is 9.26. The molecule has 0 fully saturated rings. The summed E-state index contributed by atoms with van der Waals surface area (Å²) in [6.07, 6.45) is 2.36. The Labute approximate surface area is 114 Å². The Morgan fingerprint density at radius 1 is 1.16 bits per heavy atom. The maximum Gasteiger partial charge on any atom is 0.0684 e. The van der Waals surface area contributed by atoms with Crippen molar-refractivity contribution < 1.29 is 5.11 Å². The SMILES string of the molecule is Cc1cc(N2CCCc3ccccc32)ccc1CO. The van der Waals surface area contributed by atoms with Gasteiger partial charge in [-0.2, -0.15) is 0 Å². The van der Waals surface area contributed by atoms with Gasteiger partial charge in [0.25, 0.3) is 0 Å². The molecule has 0 amide bonds. The van der Waals surface area contributed by atoms with Crippen molar-refractivity contribution in [3.05, 3.63) is 59.2 Å². The molecule has 1 N–H and O–H groups in total. The van der Waals surface area contributed by atoms with Crippen LogP contribution in [-0.2, 0) is 13.0 Å². The average Bonchev–Trinajstić information content (AvgIpc) is 2.46. The molecule has 0 saturated carbocycles. The minimum Gasteiger partial charge on any atom is -0.392 e. The van der Waals surface area contributed by atoms with E-state index in [2.05, 4.69) is 48.2 Å². The number of benzene rings is 2. The molecule has 2 aromatic rings. The summed E-state index contributed by atoms with van der Waals surface area (Å²) in [5.74, 6) is 0. The first-order chi connectivity index (χ1) is 9.29. The van der Waals surface area contributed by atoms with E-state index in [9.17, 15) is 5.11 Å². The summed E-state index contributed by atoms with van der Waals surface area (Å²) in [5, 5.41) is 9.26. The molecule has 0 radical (unpaired) electrons. The minimum atomic E-state index is 0.114. The highest BCUT2D eigenvalue weighted by Gasteiger charge is 2.17. The Hall–Kier alpha value is -1.80. The van der Waals surface area contributed by atoms with Crippen molar-refractivity contribution in [3.8, 4) is 0 Å². The first-order valence-electron chi connectivity index (χ1n) is 6.85. The fourth-order valence-electron chi connectivity index (χ4n) is 2.83. The zero-order valence-corrected chi connectivity index (χ0v) is 11.3. The standard InChI is InChI=1S/C17H19NO/c1-13-11-16(9-8-15(13)12-19)18-10-4-6-14-5-2-3-7-17(14)18/h2-3,5,7-9,11,19H,4,6,10,12H2,1H3. The molecule has 0 spiro atoms. The van der Waals surface area contributed by atoms with Crippen LogP contribution in [0.5, 0.6) is 0 Å². The third-order valence-electron chi connectivity index (χ3n) is 3.92. The number of hydrogen-bond acceptors (Lipinski definition) is 2. The molecular weight excluding hydrogens is 234 g/mol. The Kier molecular flexibility index (Phi) is 3.26. The van der Waals surface area contributed by atoms with Crippen LogP contribution in [0.3, 0.4) is 0 Å². The summed E-state index contributed by atoms with van der Waals surface area (Å²) in [7, 11) is 0. The van der Waals surface area contributed by atoms with E-state index in [0.717, 1.165) is 17.7 Å². The van der Waals surface area contributed by atoms with E-state index in [0.29, 0.717) is 0 Å². The van der Waals surface area contributed by atoms with Gasteiger partial charge in [-0.1, -0.05) is 24.3 Å². The van der Waals surface area contributed by atoms with Crippen LogP contribution in [0.2, 0.25) is 0 Å². The number of anilines is 2. The molecule has 98 valence electrons. The number of para-hydroxylation sites is 1. The molecule has 0 bridgehead atoms. The van der Waals surface area contributed by atoms with Crippen molar-refractivity contribution in [1.82, 2.24) is 0 Å². The molecule has 2 nitrogen and oxygen atoms in total. The second kappa shape index (κ2) is 5.06. The Morgan fingerprint density at radius 3 is 2.79 bits per heavy atom. The van der Waals surface area contributed by atoms with Gasteiger partial charge in [0.1, 0.15) is 0 Å². The second-order valence-corrected chi connectivity index (χ2v) is 5.15. The van der Waals surface area contributed by atoms with E-state index >= 15 is 0 Å². The van der Waals surface area contributed by atoms with E-state index in [4.69, 9.17) is 0 Å². The normalized spacial score (nSPS) is 14.3. The Bertz CT molecular complexity index is 592. The zero-order valence-electron chi connectivity index (χ0n) is 11.3. The first kappa shape index (κ1) is 12.2. The average molecular weight is 253 g/mol. The van der Waals surface area contributed by atoms with Gasteiger partial charge in [0, 0.05) is 17.9 Å². The highest BCUT2D eigenvalue weighted by atomic mass is 16.3. The molecule has 19 heavy (non-hydrogen) atoms. The van der Waals surface area contributed by atoms with Crippen molar-refractivity contribution in [2.45, 2.75) is 26.4 Å². The van der Waals surface area contributed by atoms with Gasteiger partial charge in [0.05, 0.1) is 6.61 Å². The van der Waals surface area contributed by atoms with Gasteiger partial charge < -0.3 is 10.0 Å². The molecule has 0 aliphatic carbocycles. The maximum atomic E-state index is 9.26. The highest BCUT2D eigenvalue weighted by molar-refractivity contribution is 5.68. The van der Waals surface area contributed by atoms with Crippen LogP contribution in [-0.4, -0.2) is 11.7 Å². The van der Waals surface area contributed by atoms with Gasteiger partial charge in [0.2, 0.25) is 0 Å². The summed E-state index contributed by atoms with van der Waals surface area (Å²) in [4.78, 5) is 2.38. The van der Waals surface area contributed by atoms with E-state index in [-0.39, 0.29) is 6.61 Å². The number of fused-ring (bicyclic) bond motifs is 1. The smallest absolute Gasteiger partial charge is 0.0684 e. The third-order valence-corrected chi connectivity index (χ3v) is 3.92. The van der Waals surface area contributed by atoms with E-state index in [1.54, 1.807) is 0 Å². The number of aliphatic hydroxyl groups excluding tert-OH is 1. The summed E-state index contributed by atoms with van der Waals surface area (Å²) in [6, 6.07) is 14.9. The van der Waals surface area contributed by atoms with Crippen LogP contribution >= 0.6 is 0 Å². The topological polar surface area (TPSA) is 23.5 Å². The fraction of sp³-hybridized carbons (Fsp3) is 0.294. The zero-order chi connectivity index (χ0) is 13.2. The Morgan fingerprint density at radius 2 is 2.00 bits per heavy atom. The highest BCUT2D eigenvalue weighted by Crippen LogP contribution is 2.33. The fourth-order valence-corrected chi connectivity index (χ4v) is 2.83. The summed E-state index contributed by atoms with van der Waals surface area (Å²) < 4.78 is 0. The van der Waals surface area contributed by atoms with Gasteiger partial charge in [-0.25, -0.2) is 0 Å². The van der Waals surface area contributed by atoms with Gasteiger partial charge in [0.15, 0.2) is 0 Å². The summed E-state index contributed by atoms with van der Waals surface area (Å²) in [6.45, 7) is 3.24. The number of aryl methyl sites for hydroxylation is 2. The van der Waals surface area contributed by atoms with Gasteiger partial charge in [-0.3, -0.25) is 0 Å². The van der Waals surface area contributed by atoms with E-state index < -0.39 is 0 Å². The van der Waals surface area contributed by atoms with E-state index in [1.807, 2.05) is 6.07 Å². The van der Waals surface area contributed by atoms with Crippen LogP contribution in [0.4, 0.5) is 11.4 Å². The van der Waals surface area contributed by atoms with Crippen molar-refractivity contribution in [2.75, 3.05) is 11.4 Å². The molecule has 2 aromatic carbocycles. The lowest BCUT2D eigenvalue weighted by Gasteiger charge is -2.31. The van der Waals surface area contributed by atoms with Crippen LogP contribution in [0.25, 0.3) is 0 Å². The van der Waals surface area contributed by atoms with Crippen LogP contribution in [0.15, 0.2) is 42.5 Å². The van der Waals surface area contributed by atoms with Crippen molar-refractivity contribution in [1.29, 1.82) is 0 Å². The predicted molar refractivity (Wildman–Crippen MR) is 78.9 cm³/mol. The minimum absolute atomic E-state index is 0.114. The molecule has 1 aliphatic rings. The molecule has 0 aromatic heterocycles. The lowest BCUT2D eigenvalue weighted by Crippen LogP contribution is -2.24. The molecule has 0 unspecified atom stereocenters. The second-order valence-electron chi connectivity index (χ2n) is 5.15. The molecule has 0 atom stereocenters. The molecule has 1 heterocycles. The molecule has 2 heteroatoms. The monoisotopic (exact) mass is 253 g/mol. The number of hydrogen-bond donors (Lipinski definition) is 1. The lowest BCUT2D eigenvalue weighted by molar-refractivity contribution is 0.281. The molecule has 0 saturated heterocycles. The lowest BCUT2D eigenvalue weighted by atomic mass is 10.00. The van der Waals surface area contributed by atoms with Crippen molar-refractivity contribution in [3.63, 3.8) is 0 Å². The molecule has 3 rings (SSSR count). The number of nitrogens with zero attached hydrogens (tertiary/aromatic N) is 1. The quantitative estimate of drug-likeness (QED) is 0.884. The largest absolute Gasteiger partial charge is 0.392 e. The summed E-state index contributed by atoms with van der Waals surface area (Å²) >= 11 is 0. The van der Waals surface area contributed by atoms with Crippen molar-refractivity contribution >= 4 is 11.4 Å². The first-order valence-corrected chi connectivity index (χ1v) is 6.85. The number of aliphatic hydroxyl groups is 1. The van der Waals surface area contributed by atoms with Crippen LogP contribution in [0.1, 0.15) is 23.1 Å². The third kappa shape index (κ3) is 2.24. The van der Waals surface area contributed by atoms with Gasteiger partial charge >= 0.3 is 0 Å². The number of rotatable bonds is 2. The van der Waals surface area contributed by atoms with Gasteiger partial charge in [-0.15, -0.1) is 0 Å². The molecule has 1 aliphatic heterocycles. The van der Waals surface area contributed by atoms with Crippen LogP contribution < -0.4 is 4.90 Å². The predicted octanol–water partition coefficient (Wildman–Crippen LogP) is 3.57. The summed E-state index contributed by atoms with van der Waals surface area (Å²) in [5.41, 5.74) is 6.14. The Balaban J connectivity index is 2.02. The van der Waals surface area contributed by atoms with E-state index in [1.165, 1.54) is 29.8 Å². The van der Waals surface area contributed by atoms with Crippen molar-refractivity contribution in [2.24, 2.45) is 0 Å². The molecular formula is C17H19NO.